The van der Waals surface area contributed by atoms with Crippen molar-refractivity contribution >= 4 is 70.1 Å². The quantitative estimate of drug-likeness (QED) is 0.0467. The minimum absolute atomic E-state index is 0.0398. The zero-order chi connectivity index (χ0) is 65.7. The van der Waals surface area contributed by atoms with Crippen LogP contribution in [0.4, 0.5) is 8.78 Å². The van der Waals surface area contributed by atoms with Gasteiger partial charge in [0.1, 0.15) is 34.6 Å². The maximum Gasteiger partial charge on any atom is 0.147 e. The highest BCUT2D eigenvalue weighted by molar-refractivity contribution is 6.92. The third-order valence-electron chi connectivity index (χ3n) is 18.7. The van der Waals surface area contributed by atoms with Gasteiger partial charge in [0.25, 0.3) is 0 Å². The Balaban J connectivity index is 0.994. The standard InChI is InChI=1S/C81H100F2N2O4Si2/c1-48(2)42-90(43-49(3)4,44-50(5)6)62-22-26-66-64-24-20-54(13)32-72(64)84(74(66)40-62)76-34-56(15)30-68(78(76)86)70-38-60(82)36-58(17)80(70)88-28-19-29-89-81-59(18)37-61(83)39-71(81)69-31-57(16)35-77(79(69)87)85-73-33-55(14)21-25-65(73)67-27-23-63(41-75(67)85)91(45-51(7)8,46-52(9)10)47-53(11)12/h20-27,30-41,48-53,86-87H,19,28-29,42-47H2,1-18H3. The molecule has 0 saturated carbocycles. The molecule has 0 bridgehead atoms. The molecule has 10 rings (SSSR count). The first-order valence-corrected chi connectivity index (χ1v) is 39.0. The molecular formula is C81H100F2N2O4Si2. The van der Waals surface area contributed by atoms with E-state index in [2.05, 4.69) is 179 Å². The van der Waals surface area contributed by atoms with E-state index >= 15 is 8.78 Å². The SMILES string of the molecule is Cc1cc(-c2cc(F)cc(C)c2OCCCOc2c(C)cc(F)cc2-c2cc(C)cc(-n3c4cc(C)ccc4c4ccc([Si](CC(C)C)(CC(C)C)CC(C)C)cc43)c2O)c(O)c(-n2c3cc(C)ccc3c3ccc([Si](CC(C)C)(CC(C)C)CC(C)C)cc32)c1. The molecule has 480 valence electrons. The van der Waals surface area contributed by atoms with Crippen LogP contribution in [0.25, 0.3) is 77.2 Å². The summed E-state index contributed by atoms with van der Waals surface area (Å²) in [6, 6.07) is 48.6. The molecule has 8 aromatic carbocycles. The van der Waals surface area contributed by atoms with Crippen LogP contribution in [-0.2, 0) is 0 Å². The van der Waals surface area contributed by atoms with E-state index in [4.69, 9.17) is 9.47 Å². The van der Waals surface area contributed by atoms with Gasteiger partial charge in [-0.05, 0) is 183 Å². The van der Waals surface area contributed by atoms with E-state index in [1.165, 1.54) is 70.9 Å². The number of fused-ring (bicyclic) bond motifs is 6. The molecule has 91 heavy (non-hydrogen) atoms. The Bertz CT molecular complexity index is 4010. The second kappa shape index (κ2) is 26.8. The highest BCUT2D eigenvalue weighted by Gasteiger charge is 2.39. The normalized spacial score (nSPS) is 12.6. The molecule has 0 amide bonds. The summed E-state index contributed by atoms with van der Waals surface area (Å²) in [6.45, 7) is 40.7. The first kappa shape index (κ1) is 66.8. The predicted octanol–water partition coefficient (Wildman–Crippen LogP) is 21.9. The number of aromatic nitrogens is 2. The predicted molar refractivity (Wildman–Crippen MR) is 388 cm³/mol. The average molecular weight is 1260 g/mol. The number of rotatable bonds is 24. The molecule has 10 aromatic rings. The second-order valence-electron chi connectivity index (χ2n) is 29.9. The summed E-state index contributed by atoms with van der Waals surface area (Å²) in [6.07, 6.45) is 0.416. The summed E-state index contributed by atoms with van der Waals surface area (Å²) in [5.74, 6) is 3.49. The molecule has 0 unspecified atom stereocenters. The lowest BCUT2D eigenvalue weighted by Gasteiger charge is -2.37. The fourth-order valence-corrected chi connectivity index (χ4v) is 29.8. The number of hydrogen-bond acceptors (Lipinski definition) is 4. The lowest BCUT2D eigenvalue weighted by atomic mass is 9.97. The van der Waals surface area contributed by atoms with E-state index in [1.807, 2.05) is 52.0 Å². The number of benzene rings is 8. The van der Waals surface area contributed by atoms with Crippen molar-refractivity contribution in [1.82, 2.24) is 9.13 Å². The highest BCUT2D eigenvalue weighted by Crippen LogP contribution is 2.48. The maximum absolute atomic E-state index is 15.9. The third kappa shape index (κ3) is 13.7. The van der Waals surface area contributed by atoms with Crippen LogP contribution in [0.2, 0.25) is 36.3 Å². The zero-order valence-electron chi connectivity index (χ0n) is 57.7. The van der Waals surface area contributed by atoms with E-state index < -0.39 is 27.8 Å². The first-order chi connectivity index (χ1) is 43.1. The molecule has 0 fully saturated rings. The summed E-state index contributed by atoms with van der Waals surface area (Å²) >= 11 is 0. The largest absolute Gasteiger partial charge is 0.505 e. The molecule has 0 saturated heterocycles. The van der Waals surface area contributed by atoms with Gasteiger partial charge in [-0.3, -0.25) is 0 Å². The fourth-order valence-electron chi connectivity index (χ4n) is 16.3. The van der Waals surface area contributed by atoms with Crippen molar-refractivity contribution in [3.8, 4) is 56.6 Å². The van der Waals surface area contributed by atoms with Crippen LogP contribution in [0.1, 0.15) is 123 Å². The van der Waals surface area contributed by atoms with Gasteiger partial charge in [0, 0.05) is 50.2 Å². The molecule has 0 radical (unpaired) electrons. The number of nitrogens with zero attached hydrogens (tertiary/aromatic N) is 2. The molecule has 2 heterocycles. The molecule has 0 aliphatic carbocycles. The van der Waals surface area contributed by atoms with E-state index in [9.17, 15) is 10.2 Å². The van der Waals surface area contributed by atoms with Crippen molar-refractivity contribution in [2.75, 3.05) is 13.2 Å². The lowest BCUT2D eigenvalue weighted by molar-refractivity contribution is 0.246. The van der Waals surface area contributed by atoms with Crippen molar-refractivity contribution in [3.05, 3.63) is 166 Å². The third-order valence-corrected chi connectivity index (χ3v) is 31.3. The minimum atomic E-state index is -2.05. The van der Waals surface area contributed by atoms with Gasteiger partial charge in [0.2, 0.25) is 0 Å². The van der Waals surface area contributed by atoms with Crippen LogP contribution < -0.4 is 19.8 Å². The zero-order valence-corrected chi connectivity index (χ0v) is 59.7. The summed E-state index contributed by atoms with van der Waals surface area (Å²) < 4.78 is 49.8. The van der Waals surface area contributed by atoms with Crippen molar-refractivity contribution in [2.24, 2.45) is 35.5 Å². The summed E-state index contributed by atoms with van der Waals surface area (Å²) in [4.78, 5) is 0. The topological polar surface area (TPSA) is 68.8 Å². The Morgan fingerprint density at radius 2 is 0.670 bits per heavy atom. The van der Waals surface area contributed by atoms with E-state index in [-0.39, 0.29) is 24.7 Å². The minimum Gasteiger partial charge on any atom is -0.505 e. The Morgan fingerprint density at radius 3 is 0.989 bits per heavy atom. The molecule has 2 N–H and O–H groups in total. The Kier molecular flexibility index (Phi) is 19.7. The molecule has 0 spiro atoms. The number of halogens is 2. The maximum atomic E-state index is 15.9. The molecular weight excluding hydrogens is 1160 g/mol. The van der Waals surface area contributed by atoms with Crippen LogP contribution in [0, 0.1) is 88.7 Å². The van der Waals surface area contributed by atoms with Gasteiger partial charge in [-0.25, -0.2) is 8.78 Å². The van der Waals surface area contributed by atoms with Crippen LogP contribution >= 0.6 is 0 Å². The number of ether oxygens (including phenoxy) is 2. The Hall–Kier alpha value is -7.15. The summed E-state index contributed by atoms with van der Waals surface area (Å²) in [5, 5.41) is 33.2. The van der Waals surface area contributed by atoms with Crippen molar-refractivity contribution < 1.29 is 28.5 Å². The number of aromatic hydroxyl groups is 2. The van der Waals surface area contributed by atoms with E-state index in [0.29, 0.717) is 98.2 Å². The molecule has 10 heteroatoms. The highest BCUT2D eigenvalue weighted by atomic mass is 28.3. The molecule has 0 atom stereocenters. The number of hydrogen-bond donors (Lipinski definition) is 2. The molecule has 6 nitrogen and oxygen atoms in total. The number of aryl methyl sites for hydroxylation is 6. The summed E-state index contributed by atoms with van der Waals surface area (Å²) in [7, 11) is -4.10. The Labute approximate surface area is 543 Å². The van der Waals surface area contributed by atoms with Gasteiger partial charge in [-0.2, -0.15) is 0 Å². The smallest absolute Gasteiger partial charge is 0.147 e. The van der Waals surface area contributed by atoms with Gasteiger partial charge < -0.3 is 28.8 Å². The second-order valence-corrected chi connectivity index (χ2v) is 38.7. The summed E-state index contributed by atoms with van der Waals surface area (Å²) in [5.41, 5.74) is 12.5. The van der Waals surface area contributed by atoms with Crippen LogP contribution in [0.5, 0.6) is 23.0 Å². The van der Waals surface area contributed by atoms with Gasteiger partial charge in [0.15, 0.2) is 0 Å². The van der Waals surface area contributed by atoms with Gasteiger partial charge in [-0.15, -0.1) is 0 Å². The monoisotopic (exact) mass is 1260 g/mol. The van der Waals surface area contributed by atoms with E-state index in [0.717, 1.165) is 65.9 Å². The van der Waals surface area contributed by atoms with Gasteiger partial charge >= 0.3 is 0 Å². The first-order valence-electron chi connectivity index (χ1n) is 33.7. The molecule has 0 aliphatic heterocycles. The average Bonchev–Trinajstić information content (AvgIpc) is 1.62. The fraction of sp³-hybridized carbons (Fsp3) is 0.407. The molecule has 2 aromatic heterocycles. The Morgan fingerprint density at radius 1 is 0.363 bits per heavy atom. The number of phenolic OH excluding ortho intramolecular Hbond substituents is 2. The van der Waals surface area contributed by atoms with Crippen LogP contribution in [-0.4, -0.2) is 48.7 Å². The van der Waals surface area contributed by atoms with Crippen molar-refractivity contribution in [1.29, 1.82) is 0 Å². The van der Waals surface area contributed by atoms with Crippen molar-refractivity contribution in [2.45, 2.75) is 167 Å². The lowest BCUT2D eigenvalue weighted by Crippen LogP contribution is -2.50. The number of phenols is 2. The van der Waals surface area contributed by atoms with Gasteiger partial charge in [0.05, 0.1) is 62.8 Å². The van der Waals surface area contributed by atoms with Crippen LogP contribution in [0.3, 0.4) is 0 Å². The van der Waals surface area contributed by atoms with Crippen LogP contribution in [0.15, 0.2) is 121 Å². The molecule has 0 aliphatic rings. The van der Waals surface area contributed by atoms with Crippen molar-refractivity contribution in [3.63, 3.8) is 0 Å². The van der Waals surface area contributed by atoms with E-state index in [1.54, 1.807) is 0 Å². The van der Waals surface area contributed by atoms with Gasteiger partial charge in [-0.1, -0.05) is 178 Å².